The average molecular weight is 182 g/mol. The molecule has 2 rings (SSSR count). The first-order valence-electron chi connectivity index (χ1n) is 4.68. The third kappa shape index (κ3) is 1.20. The lowest BCUT2D eigenvalue weighted by atomic mass is 9.81. The molecule has 4 N–H and O–H groups in total. The number of hydrogen-bond acceptors (Lipinski definition) is 2. The number of amides is 2. The van der Waals surface area contributed by atoms with Gasteiger partial charge in [-0.25, -0.2) is 0 Å². The zero-order valence-corrected chi connectivity index (χ0v) is 7.40. The summed E-state index contributed by atoms with van der Waals surface area (Å²) in [5.74, 6) is 0.215. The van der Waals surface area contributed by atoms with Gasteiger partial charge in [0, 0.05) is 11.8 Å². The summed E-state index contributed by atoms with van der Waals surface area (Å²) in [6.45, 7) is 0. The highest BCUT2D eigenvalue weighted by atomic mass is 16.1. The topological polar surface area (TPSA) is 86.2 Å². The lowest BCUT2D eigenvalue weighted by Gasteiger charge is -2.23. The molecule has 0 spiro atoms. The van der Waals surface area contributed by atoms with Crippen molar-refractivity contribution in [3.05, 3.63) is 0 Å². The molecular formula is C9H14N2O2. The maximum Gasteiger partial charge on any atom is 0.220 e. The Morgan fingerprint density at radius 3 is 1.46 bits per heavy atom. The van der Waals surface area contributed by atoms with Crippen LogP contribution in [0.2, 0.25) is 0 Å². The van der Waals surface area contributed by atoms with E-state index in [9.17, 15) is 9.59 Å². The zero-order chi connectivity index (χ0) is 9.59. The Morgan fingerprint density at radius 2 is 1.23 bits per heavy atom. The summed E-state index contributed by atoms with van der Waals surface area (Å²) >= 11 is 0. The molecule has 0 radical (unpaired) electrons. The van der Waals surface area contributed by atoms with Crippen molar-refractivity contribution in [1.82, 2.24) is 0 Å². The second kappa shape index (κ2) is 2.72. The Balaban J connectivity index is 2.07. The van der Waals surface area contributed by atoms with Crippen LogP contribution < -0.4 is 11.5 Å². The van der Waals surface area contributed by atoms with Crippen molar-refractivity contribution in [3.63, 3.8) is 0 Å². The molecule has 0 aromatic heterocycles. The van der Waals surface area contributed by atoms with E-state index in [0.29, 0.717) is 11.8 Å². The quantitative estimate of drug-likeness (QED) is 0.609. The predicted octanol–water partition coefficient (Wildman–Crippen LogP) is -0.381. The van der Waals surface area contributed by atoms with E-state index >= 15 is 0 Å². The van der Waals surface area contributed by atoms with Gasteiger partial charge in [-0.2, -0.15) is 0 Å². The highest BCUT2D eigenvalue weighted by Crippen LogP contribution is 2.51. The van der Waals surface area contributed by atoms with Gasteiger partial charge in [-0.1, -0.05) is 0 Å². The number of carbonyl (C=O) groups excluding carboxylic acids is 2. The molecule has 0 heterocycles. The molecule has 13 heavy (non-hydrogen) atoms. The lowest BCUT2D eigenvalue weighted by molar-refractivity contribution is -0.127. The SMILES string of the molecule is NC(=O)C1CC2CC1CC2C(N)=O. The Bertz CT molecular complexity index is 238. The van der Waals surface area contributed by atoms with Crippen LogP contribution in [0.1, 0.15) is 19.3 Å². The molecule has 0 aliphatic heterocycles. The van der Waals surface area contributed by atoms with Gasteiger partial charge in [0.05, 0.1) is 0 Å². The van der Waals surface area contributed by atoms with Crippen molar-refractivity contribution in [1.29, 1.82) is 0 Å². The van der Waals surface area contributed by atoms with Crippen LogP contribution in [0.3, 0.4) is 0 Å². The monoisotopic (exact) mass is 182 g/mol. The smallest absolute Gasteiger partial charge is 0.220 e. The Kier molecular flexibility index (Phi) is 1.78. The largest absolute Gasteiger partial charge is 0.369 e. The first-order chi connectivity index (χ1) is 6.09. The molecule has 2 aliphatic carbocycles. The Labute approximate surface area is 76.6 Å². The van der Waals surface area contributed by atoms with Crippen molar-refractivity contribution in [2.75, 3.05) is 0 Å². The fourth-order valence-electron chi connectivity index (χ4n) is 2.97. The molecule has 2 aliphatic rings. The highest BCUT2D eigenvalue weighted by Gasteiger charge is 2.49. The summed E-state index contributed by atoms with van der Waals surface area (Å²) in [4.78, 5) is 21.9. The highest BCUT2D eigenvalue weighted by molar-refractivity contribution is 5.80. The van der Waals surface area contributed by atoms with Crippen LogP contribution >= 0.6 is 0 Å². The molecule has 72 valence electrons. The van der Waals surface area contributed by atoms with Gasteiger partial charge in [0.2, 0.25) is 11.8 Å². The van der Waals surface area contributed by atoms with Gasteiger partial charge < -0.3 is 11.5 Å². The van der Waals surface area contributed by atoms with Crippen LogP contribution in [-0.2, 0) is 9.59 Å². The van der Waals surface area contributed by atoms with Gasteiger partial charge in [-0.3, -0.25) is 9.59 Å². The molecule has 0 aromatic carbocycles. The van der Waals surface area contributed by atoms with E-state index < -0.39 is 0 Å². The molecule has 2 fully saturated rings. The number of hydrogen-bond donors (Lipinski definition) is 2. The van der Waals surface area contributed by atoms with E-state index in [1.54, 1.807) is 0 Å². The minimum absolute atomic E-state index is 0.000556. The van der Waals surface area contributed by atoms with Crippen molar-refractivity contribution in [3.8, 4) is 0 Å². The third-order valence-electron chi connectivity index (χ3n) is 3.59. The van der Waals surface area contributed by atoms with Crippen molar-refractivity contribution >= 4 is 11.8 Å². The number of rotatable bonds is 2. The van der Waals surface area contributed by atoms with Crippen LogP contribution in [0.15, 0.2) is 0 Å². The van der Waals surface area contributed by atoms with Gasteiger partial charge in [-0.15, -0.1) is 0 Å². The summed E-state index contributed by atoms with van der Waals surface area (Å²) in [6.07, 6.45) is 2.50. The van der Waals surface area contributed by atoms with Gasteiger partial charge >= 0.3 is 0 Å². The van der Waals surface area contributed by atoms with Crippen LogP contribution in [0, 0.1) is 23.7 Å². The first-order valence-corrected chi connectivity index (χ1v) is 4.68. The normalized spacial score (nSPS) is 42.2. The van der Waals surface area contributed by atoms with Crippen LogP contribution in [-0.4, -0.2) is 11.8 Å². The van der Waals surface area contributed by atoms with Crippen molar-refractivity contribution in [2.45, 2.75) is 19.3 Å². The number of nitrogens with two attached hydrogens (primary N) is 2. The zero-order valence-electron chi connectivity index (χ0n) is 7.40. The maximum atomic E-state index is 11.0. The van der Waals surface area contributed by atoms with E-state index in [1.807, 2.05) is 0 Å². The number of primary amides is 2. The number of carbonyl (C=O) groups is 2. The molecular weight excluding hydrogens is 168 g/mol. The molecule has 0 saturated heterocycles. The predicted molar refractivity (Wildman–Crippen MR) is 46.2 cm³/mol. The fraction of sp³-hybridized carbons (Fsp3) is 0.778. The molecule has 2 bridgehead atoms. The minimum atomic E-state index is -0.213. The van der Waals surface area contributed by atoms with Crippen LogP contribution in [0.4, 0.5) is 0 Å². The summed E-state index contributed by atoms with van der Waals surface area (Å²) in [6, 6.07) is 0. The van der Waals surface area contributed by atoms with Gasteiger partial charge in [0.25, 0.3) is 0 Å². The summed E-state index contributed by atoms with van der Waals surface area (Å²) < 4.78 is 0. The molecule has 2 amide bonds. The lowest BCUT2D eigenvalue weighted by Crippen LogP contribution is -2.34. The van der Waals surface area contributed by atoms with Gasteiger partial charge in [0.15, 0.2) is 0 Å². The van der Waals surface area contributed by atoms with E-state index in [0.717, 1.165) is 19.3 Å². The van der Waals surface area contributed by atoms with Crippen molar-refractivity contribution in [2.24, 2.45) is 35.1 Å². The van der Waals surface area contributed by atoms with Gasteiger partial charge in [0.1, 0.15) is 0 Å². The molecule has 2 saturated carbocycles. The van der Waals surface area contributed by atoms with E-state index in [2.05, 4.69) is 0 Å². The Morgan fingerprint density at radius 1 is 0.846 bits per heavy atom. The fourth-order valence-corrected chi connectivity index (χ4v) is 2.97. The first kappa shape index (κ1) is 8.53. The standard InChI is InChI=1S/C9H14N2O2/c10-8(12)6-2-4-1-5(6)3-7(4)9(11)13/h4-7H,1-3H2,(H2,10,12)(H2,11,13). The molecule has 4 atom stereocenters. The van der Waals surface area contributed by atoms with E-state index in [-0.39, 0.29) is 23.7 Å². The minimum Gasteiger partial charge on any atom is -0.369 e. The molecule has 0 aromatic rings. The average Bonchev–Trinajstić information content (AvgIpc) is 2.60. The summed E-state index contributed by atoms with van der Waals surface area (Å²) in [5.41, 5.74) is 10.5. The van der Waals surface area contributed by atoms with Gasteiger partial charge in [-0.05, 0) is 31.1 Å². The third-order valence-corrected chi connectivity index (χ3v) is 3.59. The number of fused-ring (bicyclic) bond motifs is 2. The van der Waals surface area contributed by atoms with E-state index in [4.69, 9.17) is 11.5 Å². The Hall–Kier alpha value is -1.06. The summed E-state index contributed by atoms with van der Waals surface area (Å²) in [5, 5.41) is 0. The summed E-state index contributed by atoms with van der Waals surface area (Å²) in [7, 11) is 0. The molecule has 4 heteroatoms. The van der Waals surface area contributed by atoms with Crippen LogP contribution in [0.25, 0.3) is 0 Å². The molecule has 4 unspecified atom stereocenters. The maximum absolute atomic E-state index is 11.0. The van der Waals surface area contributed by atoms with Crippen molar-refractivity contribution < 1.29 is 9.59 Å². The van der Waals surface area contributed by atoms with E-state index in [1.165, 1.54) is 0 Å². The second-order valence-electron chi connectivity index (χ2n) is 4.24. The second-order valence-corrected chi connectivity index (χ2v) is 4.24. The van der Waals surface area contributed by atoms with Crippen LogP contribution in [0.5, 0.6) is 0 Å². The molecule has 4 nitrogen and oxygen atoms in total.